The third-order valence-corrected chi connectivity index (χ3v) is 4.95. The summed E-state index contributed by atoms with van der Waals surface area (Å²) in [6.45, 7) is 0. The Hall–Kier alpha value is -1.60. The van der Waals surface area contributed by atoms with Gasteiger partial charge in [0.2, 0.25) is 0 Å². The van der Waals surface area contributed by atoms with Crippen molar-refractivity contribution in [3.8, 4) is 0 Å². The van der Waals surface area contributed by atoms with Gasteiger partial charge in [0.25, 0.3) is 0 Å². The van der Waals surface area contributed by atoms with E-state index >= 15 is 0 Å². The molecule has 1 fully saturated rings. The Morgan fingerprint density at radius 1 is 1.50 bits per heavy atom. The molecule has 7 heteroatoms. The minimum absolute atomic E-state index is 0.164. The topological polar surface area (TPSA) is 93.5 Å². The molecule has 0 aliphatic heterocycles. The minimum atomic E-state index is -1.10. The highest BCUT2D eigenvalue weighted by molar-refractivity contribution is 7.99. The summed E-state index contributed by atoms with van der Waals surface area (Å²) in [5, 5.41) is 18.5. The first-order valence-corrected chi connectivity index (χ1v) is 7.45. The second-order valence-corrected chi connectivity index (χ2v) is 6.48. The number of rotatable bonds is 3. The zero-order chi connectivity index (χ0) is 14.2. The average molecular weight is 292 g/mol. The Labute approximate surface area is 120 Å². The number of hydrogen-bond acceptors (Lipinski definition) is 5. The summed E-state index contributed by atoms with van der Waals surface area (Å²) in [7, 11) is 0. The summed E-state index contributed by atoms with van der Waals surface area (Å²) in [6.07, 6.45) is 4.71. The first kappa shape index (κ1) is 13.4. The number of nitrogens with zero attached hydrogens (tertiary/aromatic N) is 3. The molecule has 1 saturated carbocycles. The van der Waals surface area contributed by atoms with Crippen molar-refractivity contribution in [3.63, 3.8) is 0 Å². The Morgan fingerprint density at radius 2 is 2.35 bits per heavy atom. The summed E-state index contributed by atoms with van der Waals surface area (Å²) < 4.78 is 1.91. The maximum absolute atomic E-state index is 11.3. The largest absolute Gasteiger partial charge is 0.480 e. The van der Waals surface area contributed by atoms with Crippen LogP contribution in [0.1, 0.15) is 25.7 Å². The molecule has 2 heterocycles. The van der Waals surface area contributed by atoms with Crippen LogP contribution in [-0.4, -0.2) is 36.5 Å². The molecule has 6 nitrogen and oxygen atoms in total. The summed E-state index contributed by atoms with van der Waals surface area (Å²) in [6, 6.07) is 5.72. The van der Waals surface area contributed by atoms with Crippen molar-refractivity contribution in [2.45, 2.75) is 41.6 Å². The van der Waals surface area contributed by atoms with E-state index in [9.17, 15) is 9.90 Å². The number of carbonyl (C=O) groups is 1. The fraction of sp³-hybridized carbons (Fsp3) is 0.462. The van der Waals surface area contributed by atoms with Crippen LogP contribution in [0.2, 0.25) is 0 Å². The molecule has 2 aromatic rings. The third kappa shape index (κ3) is 2.38. The lowest BCUT2D eigenvalue weighted by atomic mass is 9.82. The predicted molar refractivity (Wildman–Crippen MR) is 75.7 cm³/mol. The highest BCUT2D eigenvalue weighted by atomic mass is 32.2. The van der Waals surface area contributed by atoms with Crippen LogP contribution in [0.5, 0.6) is 0 Å². The van der Waals surface area contributed by atoms with Crippen LogP contribution < -0.4 is 5.73 Å². The fourth-order valence-corrected chi connectivity index (χ4v) is 3.92. The number of carboxylic acid groups (broad SMARTS) is 1. The molecule has 0 aromatic carbocycles. The Morgan fingerprint density at radius 3 is 3.15 bits per heavy atom. The van der Waals surface area contributed by atoms with Crippen molar-refractivity contribution in [1.82, 2.24) is 14.6 Å². The second kappa shape index (κ2) is 5.06. The summed E-state index contributed by atoms with van der Waals surface area (Å²) in [5.41, 5.74) is 5.67. The first-order valence-electron chi connectivity index (χ1n) is 6.57. The molecule has 2 aromatic heterocycles. The van der Waals surface area contributed by atoms with Crippen molar-refractivity contribution in [1.29, 1.82) is 0 Å². The molecule has 20 heavy (non-hydrogen) atoms. The molecule has 1 aliphatic rings. The van der Waals surface area contributed by atoms with Gasteiger partial charge in [-0.05, 0) is 37.8 Å². The highest BCUT2D eigenvalue weighted by Gasteiger charge is 2.40. The summed E-state index contributed by atoms with van der Waals surface area (Å²) in [4.78, 5) is 11.3. The number of carboxylic acids is 1. The van der Waals surface area contributed by atoms with Crippen LogP contribution in [0.15, 0.2) is 29.6 Å². The summed E-state index contributed by atoms with van der Waals surface area (Å²) >= 11 is 1.57. The van der Waals surface area contributed by atoms with Crippen molar-refractivity contribution < 1.29 is 9.90 Å². The molecule has 3 rings (SSSR count). The molecule has 106 valence electrons. The SMILES string of the molecule is NC1(C(=O)O)CCCC(Sc2nnc3ccccn23)C1. The summed E-state index contributed by atoms with van der Waals surface area (Å²) in [5.74, 6) is -0.908. The number of nitrogens with two attached hydrogens (primary N) is 1. The Bertz CT molecular complexity index is 644. The van der Waals surface area contributed by atoms with Crippen molar-refractivity contribution in [2.75, 3.05) is 0 Å². The lowest BCUT2D eigenvalue weighted by Gasteiger charge is -2.33. The monoisotopic (exact) mass is 292 g/mol. The van der Waals surface area contributed by atoms with E-state index < -0.39 is 11.5 Å². The van der Waals surface area contributed by atoms with E-state index in [1.165, 1.54) is 0 Å². The molecule has 1 aliphatic carbocycles. The maximum Gasteiger partial charge on any atom is 0.323 e. The van der Waals surface area contributed by atoms with E-state index in [0.717, 1.165) is 23.6 Å². The van der Waals surface area contributed by atoms with Gasteiger partial charge in [0.1, 0.15) is 5.54 Å². The predicted octanol–water partition coefficient (Wildman–Crippen LogP) is 1.55. The number of fused-ring (bicyclic) bond motifs is 1. The fourth-order valence-electron chi connectivity index (χ4n) is 2.60. The van der Waals surface area contributed by atoms with Gasteiger partial charge in [0.05, 0.1) is 0 Å². The highest BCUT2D eigenvalue weighted by Crippen LogP contribution is 2.36. The third-order valence-electron chi connectivity index (χ3n) is 3.72. The van der Waals surface area contributed by atoms with E-state index in [0.29, 0.717) is 12.8 Å². The van der Waals surface area contributed by atoms with E-state index in [-0.39, 0.29) is 5.25 Å². The smallest absolute Gasteiger partial charge is 0.323 e. The van der Waals surface area contributed by atoms with E-state index in [1.807, 2.05) is 28.8 Å². The van der Waals surface area contributed by atoms with Gasteiger partial charge in [-0.2, -0.15) is 0 Å². The molecule has 0 spiro atoms. The van der Waals surface area contributed by atoms with Gasteiger partial charge >= 0.3 is 5.97 Å². The van der Waals surface area contributed by atoms with Crippen LogP contribution in [0.25, 0.3) is 5.65 Å². The molecular weight excluding hydrogens is 276 g/mol. The number of hydrogen-bond donors (Lipinski definition) is 2. The number of thioether (sulfide) groups is 1. The zero-order valence-corrected chi connectivity index (χ0v) is 11.7. The van der Waals surface area contributed by atoms with Crippen molar-refractivity contribution in [2.24, 2.45) is 5.73 Å². The van der Waals surface area contributed by atoms with Crippen molar-refractivity contribution in [3.05, 3.63) is 24.4 Å². The van der Waals surface area contributed by atoms with Gasteiger partial charge in [-0.3, -0.25) is 9.20 Å². The molecular formula is C13H16N4O2S. The molecule has 0 saturated heterocycles. The number of pyridine rings is 1. The van der Waals surface area contributed by atoms with Gasteiger partial charge < -0.3 is 10.8 Å². The minimum Gasteiger partial charge on any atom is -0.480 e. The molecule has 0 radical (unpaired) electrons. The van der Waals surface area contributed by atoms with Gasteiger partial charge in [0.15, 0.2) is 10.8 Å². The zero-order valence-electron chi connectivity index (χ0n) is 10.9. The standard InChI is InChI=1S/C13H16N4O2S/c14-13(11(18)19)6-3-4-9(8-13)20-12-16-15-10-5-1-2-7-17(10)12/h1-2,5,7,9H,3-4,6,8,14H2,(H,18,19). The Kier molecular flexibility index (Phi) is 3.39. The van der Waals surface area contributed by atoms with Crippen LogP contribution >= 0.6 is 11.8 Å². The lowest BCUT2D eigenvalue weighted by Crippen LogP contribution is -2.51. The normalized spacial score (nSPS) is 26.8. The van der Waals surface area contributed by atoms with E-state index in [2.05, 4.69) is 10.2 Å². The molecule has 2 unspecified atom stereocenters. The Balaban J connectivity index is 1.79. The van der Waals surface area contributed by atoms with Crippen LogP contribution in [0.3, 0.4) is 0 Å². The number of aromatic nitrogens is 3. The first-order chi connectivity index (χ1) is 9.58. The van der Waals surface area contributed by atoms with Crippen molar-refractivity contribution >= 4 is 23.4 Å². The van der Waals surface area contributed by atoms with Gasteiger partial charge in [-0.15, -0.1) is 10.2 Å². The number of aliphatic carboxylic acids is 1. The van der Waals surface area contributed by atoms with Gasteiger partial charge in [-0.25, -0.2) is 0 Å². The lowest BCUT2D eigenvalue weighted by molar-refractivity contribution is -0.144. The maximum atomic E-state index is 11.3. The van der Waals surface area contributed by atoms with E-state index in [1.54, 1.807) is 11.8 Å². The second-order valence-electron chi connectivity index (χ2n) is 5.21. The molecule has 0 bridgehead atoms. The molecule has 3 N–H and O–H groups in total. The molecule has 2 atom stereocenters. The van der Waals surface area contributed by atoms with Crippen LogP contribution in [-0.2, 0) is 4.79 Å². The quantitative estimate of drug-likeness (QED) is 0.891. The van der Waals surface area contributed by atoms with Crippen LogP contribution in [0, 0.1) is 0 Å². The van der Waals surface area contributed by atoms with E-state index in [4.69, 9.17) is 5.73 Å². The van der Waals surface area contributed by atoms with Gasteiger partial charge in [-0.1, -0.05) is 17.8 Å². The van der Waals surface area contributed by atoms with Crippen LogP contribution in [0.4, 0.5) is 0 Å². The molecule has 0 amide bonds. The van der Waals surface area contributed by atoms with Gasteiger partial charge in [0, 0.05) is 11.4 Å². The average Bonchev–Trinajstić information content (AvgIpc) is 2.82.